The van der Waals surface area contributed by atoms with Crippen molar-refractivity contribution in [3.8, 4) is 0 Å². The molecule has 1 aromatic rings. The highest BCUT2D eigenvalue weighted by Gasteiger charge is 2.16. The first kappa shape index (κ1) is 8.57. The fourth-order valence-corrected chi connectivity index (χ4v) is 1.65. The molecule has 0 bridgehead atoms. The van der Waals surface area contributed by atoms with Gasteiger partial charge in [0.25, 0.3) is 6.40 Å². The smallest absolute Gasteiger partial charge is 0.273 e. The van der Waals surface area contributed by atoms with Crippen molar-refractivity contribution in [1.82, 2.24) is 0 Å². The van der Waals surface area contributed by atoms with Crippen molar-refractivity contribution in [2.75, 3.05) is 6.61 Å². The predicted molar refractivity (Wildman–Crippen MR) is 52.3 cm³/mol. The van der Waals surface area contributed by atoms with Gasteiger partial charge in [-0.3, -0.25) is 0 Å². The van der Waals surface area contributed by atoms with E-state index in [1.807, 2.05) is 25.1 Å². The van der Waals surface area contributed by atoms with Crippen LogP contribution >= 0.6 is 11.6 Å². The highest BCUT2D eigenvalue weighted by atomic mass is 35.5. The molecule has 0 N–H and O–H groups in total. The molecule has 67 valence electrons. The molecule has 2 rings (SSSR count). The van der Waals surface area contributed by atoms with E-state index in [9.17, 15) is 0 Å². The van der Waals surface area contributed by atoms with Crippen molar-refractivity contribution < 1.29 is 4.74 Å². The zero-order valence-electron chi connectivity index (χ0n) is 7.25. The predicted octanol–water partition coefficient (Wildman–Crippen LogP) is 2.63. The molecule has 1 atom stereocenters. The molecular formula is C10H9ClNO. The van der Waals surface area contributed by atoms with E-state index in [1.165, 1.54) is 0 Å². The lowest BCUT2D eigenvalue weighted by atomic mass is 10.0. The largest absolute Gasteiger partial charge is 0.471 e. The normalized spacial score (nSPS) is 20.3. The van der Waals surface area contributed by atoms with Gasteiger partial charge in [-0.1, -0.05) is 17.7 Å². The lowest BCUT2D eigenvalue weighted by Crippen LogP contribution is -1.99. The minimum absolute atomic E-state index is 0.0947. The maximum absolute atomic E-state index is 5.85. The summed E-state index contributed by atoms with van der Waals surface area (Å²) in [6, 6.07) is 5.89. The standard InChI is InChI=1S/C10H9ClNO/c1-7-4-8(11)2-3-9(7)10-5-13-6-12-10/h2-4,10H,5H2,1H3. The average Bonchev–Trinajstić information content (AvgIpc) is 2.56. The zero-order chi connectivity index (χ0) is 9.26. The third-order valence-corrected chi connectivity index (χ3v) is 2.34. The van der Waals surface area contributed by atoms with Crippen molar-refractivity contribution in [2.45, 2.75) is 13.0 Å². The van der Waals surface area contributed by atoms with Crippen LogP contribution < -0.4 is 0 Å². The van der Waals surface area contributed by atoms with Crippen molar-refractivity contribution >= 4 is 18.0 Å². The summed E-state index contributed by atoms with van der Waals surface area (Å²) in [7, 11) is 0. The van der Waals surface area contributed by atoms with Gasteiger partial charge in [0.05, 0.1) is 0 Å². The molecule has 13 heavy (non-hydrogen) atoms. The van der Waals surface area contributed by atoms with E-state index >= 15 is 0 Å². The van der Waals surface area contributed by atoms with Crippen LogP contribution in [0.4, 0.5) is 0 Å². The Kier molecular flexibility index (Phi) is 2.23. The van der Waals surface area contributed by atoms with E-state index in [1.54, 1.807) is 0 Å². The van der Waals surface area contributed by atoms with E-state index < -0.39 is 0 Å². The number of hydrogen-bond donors (Lipinski definition) is 0. The Balaban J connectivity index is 2.34. The van der Waals surface area contributed by atoms with Crippen LogP contribution in [-0.4, -0.2) is 13.0 Å². The van der Waals surface area contributed by atoms with Crippen LogP contribution in [-0.2, 0) is 4.74 Å². The number of aryl methyl sites for hydroxylation is 1. The van der Waals surface area contributed by atoms with Crippen molar-refractivity contribution in [3.63, 3.8) is 0 Å². The molecule has 1 aliphatic rings. The summed E-state index contributed by atoms with van der Waals surface area (Å²) in [6.45, 7) is 2.61. The lowest BCUT2D eigenvalue weighted by molar-refractivity contribution is 0.330. The number of rotatable bonds is 1. The summed E-state index contributed by atoms with van der Waals surface area (Å²) in [4.78, 5) is 4.08. The van der Waals surface area contributed by atoms with Crippen LogP contribution in [0.1, 0.15) is 17.2 Å². The minimum atomic E-state index is 0.0947. The molecule has 0 aromatic heterocycles. The van der Waals surface area contributed by atoms with Gasteiger partial charge in [-0.05, 0) is 30.2 Å². The van der Waals surface area contributed by atoms with Crippen molar-refractivity contribution in [3.05, 3.63) is 34.3 Å². The molecule has 1 heterocycles. The lowest BCUT2D eigenvalue weighted by Gasteiger charge is -2.09. The Morgan fingerprint density at radius 1 is 1.62 bits per heavy atom. The number of aliphatic imine (C=N–C) groups is 1. The molecule has 1 aromatic carbocycles. The first-order valence-electron chi connectivity index (χ1n) is 4.10. The molecule has 1 radical (unpaired) electrons. The number of benzene rings is 1. The van der Waals surface area contributed by atoms with E-state index in [4.69, 9.17) is 16.3 Å². The van der Waals surface area contributed by atoms with Crippen LogP contribution in [0.15, 0.2) is 23.2 Å². The molecule has 3 heteroatoms. The fraction of sp³-hybridized carbons (Fsp3) is 0.300. The third-order valence-electron chi connectivity index (χ3n) is 2.11. The number of ether oxygens (including phenoxy) is 1. The quantitative estimate of drug-likeness (QED) is 0.674. The van der Waals surface area contributed by atoms with Gasteiger partial charge in [-0.25, -0.2) is 4.99 Å². The maximum Gasteiger partial charge on any atom is 0.273 e. The van der Waals surface area contributed by atoms with Crippen LogP contribution in [0, 0.1) is 6.92 Å². The number of nitrogens with zero attached hydrogens (tertiary/aromatic N) is 1. The zero-order valence-corrected chi connectivity index (χ0v) is 8.01. The molecule has 2 nitrogen and oxygen atoms in total. The SMILES string of the molecule is Cc1cc(Cl)ccc1C1CO[C]=N1. The topological polar surface area (TPSA) is 21.6 Å². The van der Waals surface area contributed by atoms with Gasteiger partial charge in [-0.15, -0.1) is 0 Å². The van der Waals surface area contributed by atoms with Crippen LogP contribution in [0.5, 0.6) is 0 Å². The third kappa shape index (κ3) is 1.68. The maximum atomic E-state index is 5.85. The van der Waals surface area contributed by atoms with Gasteiger partial charge in [0.15, 0.2) is 0 Å². The van der Waals surface area contributed by atoms with Gasteiger partial charge in [0.2, 0.25) is 0 Å². The van der Waals surface area contributed by atoms with Crippen LogP contribution in [0.2, 0.25) is 5.02 Å². The highest BCUT2D eigenvalue weighted by Crippen LogP contribution is 2.25. The molecular weight excluding hydrogens is 186 g/mol. The molecule has 0 spiro atoms. The second-order valence-electron chi connectivity index (χ2n) is 3.05. The Hall–Kier alpha value is -1.02. The van der Waals surface area contributed by atoms with E-state index in [2.05, 4.69) is 11.4 Å². The highest BCUT2D eigenvalue weighted by molar-refractivity contribution is 6.30. The Bertz CT molecular complexity index is 349. The van der Waals surface area contributed by atoms with Gasteiger partial charge >= 0.3 is 0 Å². The van der Waals surface area contributed by atoms with Gasteiger partial charge in [0, 0.05) is 5.02 Å². The first-order chi connectivity index (χ1) is 6.27. The Labute approximate surface area is 82.2 Å². The summed E-state index contributed by atoms with van der Waals surface area (Å²) >= 11 is 5.85. The van der Waals surface area contributed by atoms with Gasteiger partial charge in [0.1, 0.15) is 12.6 Å². The average molecular weight is 195 g/mol. The summed E-state index contributed by atoms with van der Waals surface area (Å²) in [5, 5.41) is 0.758. The Morgan fingerprint density at radius 3 is 3.08 bits per heavy atom. The Morgan fingerprint density at radius 2 is 2.46 bits per heavy atom. The molecule has 1 aliphatic heterocycles. The summed E-state index contributed by atoms with van der Waals surface area (Å²) in [6.07, 6.45) is 2.50. The molecule has 1 unspecified atom stereocenters. The summed E-state index contributed by atoms with van der Waals surface area (Å²) in [5.74, 6) is 0. The molecule has 0 amide bonds. The van der Waals surface area contributed by atoms with E-state index in [-0.39, 0.29) is 6.04 Å². The first-order valence-corrected chi connectivity index (χ1v) is 4.48. The molecule has 0 saturated carbocycles. The van der Waals surface area contributed by atoms with Crippen molar-refractivity contribution in [1.29, 1.82) is 0 Å². The molecule has 0 aliphatic carbocycles. The molecule has 0 fully saturated rings. The van der Waals surface area contributed by atoms with E-state index in [0.29, 0.717) is 6.61 Å². The second kappa shape index (κ2) is 3.38. The number of halogens is 1. The second-order valence-corrected chi connectivity index (χ2v) is 3.48. The monoisotopic (exact) mass is 194 g/mol. The van der Waals surface area contributed by atoms with Crippen LogP contribution in [0.25, 0.3) is 0 Å². The fourth-order valence-electron chi connectivity index (χ4n) is 1.43. The van der Waals surface area contributed by atoms with Crippen molar-refractivity contribution in [2.24, 2.45) is 4.99 Å². The summed E-state index contributed by atoms with van der Waals surface area (Å²) in [5.41, 5.74) is 2.31. The van der Waals surface area contributed by atoms with Gasteiger partial charge in [-0.2, -0.15) is 0 Å². The van der Waals surface area contributed by atoms with Gasteiger partial charge < -0.3 is 4.74 Å². The number of hydrogen-bond acceptors (Lipinski definition) is 2. The summed E-state index contributed by atoms with van der Waals surface area (Å²) < 4.78 is 4.95. The minimum Gasteiger partial charge on any atom is -0.471 e. The van der Waals surface area contributed by atoms with E-state index in [0.717, 1.165) is 16.1 Å². The molecule has 0 saturated heterocycles. The van der Waals surface area contributed by atoms with Crippen LogP contribution in [0.3, 0.4) is 0 Å².